The summed E-state index contributed by atoms with van der Waals surface area (Å²) in [7, 11) is 0. The van der Waals surface area contributed by atoms with Gasteiger partial charge in [-0.2, -0.15) is 0 Å². The van der Waals surface area contributed by atoms with Crippen molar-refractivity contribution in [1.29, 1.82) is 0 Å². The van der Waals surface area contributed by atoms with E-state index in [9.17, 15) is 23.2 Å². The SMILES string of the molecule is CC1CCC(N2CC(=O)N(Cc3ccc(F)c(F)c3)C3(CN(C=O)C3C3COCCO3)C2=O)CC1. The molecule has 1 aromatic rings. The zero-order chi connectivity index (χ0) is 24.7. The van der Waals surface area contributed by atoms with E-state index in [4.69, 9.17) is 9.47 Å². The molecule has 3 amide bonds. The van der Waals surface area contributed by atoms with E-state index in [1.165, 1.54) is 15.9 Å². The molecule has 1 aliphatic carbocycles. The van der Waals surface area contributed by atoms with Crippen LogP contribution in [-0.4, -0.2) is 89.6 Å². The summed E-state index contributed by atoms with van der Waals surface area (Å²) in [4.78, 5) is 44.4. The Kier molecular flexibility index (Phi) is 6.52. The minimum Gasteiger partial charge on any atom is -0.376 e. The molecule has 1 aromatic carbocycles. The first-order chi connectivity index (χ1) is 16.8. The molecule has 3 heterocycles. The maximum atomic E-state index is 14.3. The van der Waals surface area contributed by atoms with Gasteiger partial charge in [-0.15, -0.1) is 0 Å². The van der Waals surface area contributed by atoms with Crippen LogP contribution in [0.4, 0.5) is 8.78 Å². The zero-order valence-electron chi connectivity index (χ0n) is 19.8. The van der Waals surface area contributed by atoms with Gasteiger partial charge in [-0.3, -0.25) is 14.4 Å². The Morgan fingerprint density at radius 3 is 2.54 bits per heavy atom. The quantitative estimate of drug-likeness (QED) is 0.586. The fourth-order valence-electron chi connectivity index (χ4n) is 6.17. The van der Waals surface area contributed by atoms with Crippen LogP contribution < -0.4 is 0 Å². The third-order valence-electron chi connectivity index (χ3n) is 8.07. The van der Waals surface area contributed by atoms with Crippen molar-refractivity contribution in [2.24, 2.45) is 5.92 Å². The van der Waals surface area contributed by atoms with Gasteiger partial charge in [-0.1, -0.05) is 13.0 Å². The lowest BCUT2D eigenvalue weighted by Gasteiger charge is -2.64. The summed E-state index contributed by atoms with van der Waals surface area (Å²) in [5.74, 6) is -1.91. The third-order valence-corrected chi connectivity index (χ3v) is 8.07. The number of carbonyl (C=O) groups is 3. The molecule has 4 fully saturated rings. The number of ether oxygens (including phenoxy) is 2. The van der Waals surface area contributed by atoms with Crippen LogP contribution in [0.15, 0.2) is 18.2 Å². The lowest BCUT2D eigenvalue weighted by atomic mass is 9.72. The van der Waals surface area contributed by atoms with E-state index in [0.29, 0.717) is 31.1 Å². The first-order valence-corrected chi connectivity index (χ1v) is 12.3. The fraction of sp³-hybridized carbons (Fsp3) is 0.640. The monoisotopic (exact) mass is 491 g/mol. The van der Waals surface area contributed by atoms with Gasteiger partial charge < -0.3 is 24.2 Å². The molecular weight excluding hydrogens is 460 g/mol. The van der Waals surface area contributed by atoms with Crippen molar-refractivity contribution in [1.82, 2.24) is 14.7 Å². The zero-order valence-corrected chi connectivity index (χ0v) is 19.8. The lowest BCUT2D eigenvalue weighted by molar-refractivity contribution is -0.217. The van der Waals surface area contributed by atoms with Crippen molar-refractivity contribution in [3.05, 3.63) is 35.4 Å². The molecule has 0 aromatic heterocycles. The van der Waals surface area contributed by atoms with Crippen LogP contribution in [0.1, 0.15) is 38.2 Å². The second-order valence-corrected chi connectivity index (χ2v) is 10.2. The Balaban J connectivity index is 1.52. The predicted octanol–water partition coefficient (Wildman–Crippen LogP) is 1.71. The van der Waals surface area contributed by atoms with Gasteiger partial charge in [0.05, 0.1) is 32.4 Å². The van der Waals surface area contributed by atoms with E-state index in [2.05, 4.69) is 6.92 Å². The van der Waals surface area contributed by atoms with Crippen LogP contribution >= 0.6 is 0 Å². The molecule has 10 heteroatoms. The van der Waals surface area contributed by atoms with Crippen LogP contribution in [0, 0.1) is 17.6 Å². The molecule has 3 unspecified atom stereocenters. The number of halogens is 2. The highest BCUT2D eigenvalue weighted by molar-refractivity contribution is 6.00. The summed E-state index contributed by atoms with van der Waals surface area (Å²) >= 11 is 0. The number of hydrogen-bond donors (Lipinski definition) is 0. The molecule has 3 atom stereocenters. The molecule has 5 rings (SSSR count). The highest BCUT2D eigenvalue weighted by Crippen LogP contribution is 2.44. The Morgan fingerprint density at radius 2 is 1.89 bits per heavy atom. The van der Waals surface area contributed by atoms with Gasteiger partial charge in [0.15, 0.2) is 17.2 Å². The van der Waals surface area contributed by atoms with Crippen molar-refractivity contribution >= 4 is 18.2 Å². The number of benzene rings is 1. The van der Waals surface area contributed by atoms with Crippen LogP contribution in [0.3, 0.4) is 0 Å². The average Bonchev–Trinajstić information content (AvgIpc) is 2.84. The first-order valence-electron chi connectivity index (χ1n) is 12.3. The molecule has 35 heavy (non-hydrogen) atoms. The Morgan fingerprint density at radius 1 is 1.11 bits per heavy atom. The Labute approximate surface area is 203 Å². The summed E-state index contributed by atoms with van der Waals surface area (Å²) < 4.78 is 39.0. The number of carbonyl (C=O) groups excluding carboxylic acids is 3. The molecule has 3 saturated heterocycles. The van der Waals surface area contributed by atoms with Crippen molar-refractivity contribution in [3.63, 3.8) is 0 Å². The molecule has 3 aliphatic heterocycles. The van der Waals surface area contributed by atoms with Gasteiger partial charge >= 0.3 is 0 Å². The number of nitrogens with zero attached hydrogens (tertiary/aromatic N) is 3. The van der Waals surface area contributed by atoms with E-state index in [1.807, 2.05) is 0 Å². The van der Waals surface area contributed by atoms with Crippen molar-refractivity contribution in [2.75, 3.05) is 32.9 Å². The summed E-state index contributed by atoms with van der Waals surface area (Å²) in [6, 6.07) is 2.69. The Bertz CT molecular complexity index is 995. The summed E-state index contributed by atoms with van der Waals surface area (Å²) in [5.41, 5.74) is -0.983. The van der Waals surface area contributed by atoms with Crippen molar-refractivity contribution in [2.45, 2.75) is 62.9 Å². The molecular formula is C25H31F2N3O5. The smallest absolute Gasteiger partial charge is 0.253 e. The number of hydrogen-bond acceptors (Lipinski definition) is 5. The standard InChI is InChI=1S/C25H31F2N3O5/c1-16-2-5-18(6-3-16)29-12-22(32)30(11-17-4-7-19(26)20(27)10-17)25(24(29)33)14-28(15-31)23(25)21-13-34-8-9-35-21/h4,7,10,15-16,18,21,23H,2-3,5-6,8-9,11-14H2,1H3. The van der Waals surface area contributed by atoms with E-state index in [0.717, 1.165) is 37.8 Å². The first kappa shape index (κ1) is 24.1. The molecule has 4 aliphatic rings. The van der Waals surface area contributed by atoms with Gasteiger partial charge in [0.25, 0.3) is 5.91 Å². The number of rotatable bonds is 5. The largest absolute Gasteiger partial charge is 0.376 e. The minimum absolute atomic E-state index is 0.0227. The lowest BCUT2D eigenvalue weighted by Crippen LogP contribution is -2.87. The van der Waals surface area contributed by atoms with Gasteiger partial charge in [0.2, 0.25) is 12.3 Å². The topological polar surface area (TPSA) is 79.4 Å². The predicted molar refractivity (Wildman–Crippen MR) is 120 cm³/mol. The molecule has 1 spiro atoms. The average molecular weight is 492 g/mol. The number of likely N-dealkylation sites (tertiary alicyclic amines) is 1. The number of amides is 3. The Hall–Kier alpha value is -2.59. The van der Waals surface area contributed by atoms with Gasteiger partial charge in [0, 0.05) is 12.6 Å². The van der Waals surface area contributed by atoms with Gasteiger partial charge in [-0.25, -0.2) is 8.78 Å². The second kappa shape index (κ2) is 9.46. The van der Waals surface area contributed by atoms with E-state index >= 15 is 0 Å². The molecule has 190 valence electrons. The molecule has 0 radical (unpaired) electrons. The van der Waals surface area contributed by atoms with Crippen LogP contribution in [0.5, 0.6) is 0 Å². The fourth-order valence-corrected chi connectivity index (χ4v) is 6.17. The molecule has 8 nitrogen and oxygen atoms in total. The minimum atomic E-state index is -1.35. The van der Waals surface area contributed by atoms with Crippen molar-refractivity contribution < 1.29 is 32.6 Å². The van der Waals surface area contributed by atoms with Crippen LogP contribution in [0.25, 0.3) is 0 Å². The molecule has 0 bridgehead atoms. The highest BCUT2D eigenvalue weighted by Gasteiger charge is 2.68. The maximum absolute atomic E-state index is 14.3. The maximum Gasteiger partial charge on any atom is 0.253 e. The van der Waals surface area contributed by atoms with E-state index < -0.39 is 29.3 Å². The van der Waals surface area contributed by atoms with Gasteiger partial charge in [-0.05, 0) is 49.3 Å². The van der Waals surface area contributed by atoms with E-state index in [-0.39, 0.29) is 44.1 Å². The molecule has 0 N–H and O–H groups in total. The van der Waals surface area contributed by atoms with E-state index in [1.54, 1.807) is 4.90 Å². The second-order valence-electron chi connectivity index (χ2n) is 10.2. The summed E-state index contributed by atoms with van der Waals surface area (Å²) in [6.45, 7) is 2.99. The molecule has 1 saturated carbocycles. The highest BCUT2D eigenvalue weighted by atomic mass is 19.2. The van der Waals surface area contributed by atoms with Crippen LogP contribution in [-0.2, 0) is 30.4 Å². The van der Waals surface area contributed by atoms with Crippen molar-refractivity contribution in [3.8, 4) is 0 Å². The third kappa shape index (κ3) is 4.10. The number of piperazine rings is 1. The van der Waals surface area contributed by atoms with Gasteiger partial charge in [0.1, 0.15) is 12.6 Å². The normalized spacial score (nSPS) is 33.7. The summed E-state index contributed by atoms with van der Waals surface area (Å²) in [6.07, 6.45) is 3.70. The van der Waals surface area contributed by atoms with Crippen LogP contribution in [0.2, 0.25) is 0 Å². The summed E-state index contributed by atoms with van der Waals surface area (Å²) in [5, 5.41) is 0.